The molecule has 0 aliphatic carbocycles. The van der Waals surface area contributed by atoms with Gasteiger partial charge in [0.05, 0.1) is 21.2 Å². The third-order valence-electron chi connectivity index (χ3n) is 12.1. The lowest BCUT2D eigenvalue weighted by atomic mass is 9.87. The van der Waals surface area contributed by atoms with Crippen LogP contribution >= 0.6 is 22.7 Å². The van der Waals surface area contributed by atoms with Gasteiger partial charge in [-0.1, -0.05) is 90.1 Å². The van der Waals surface area contributed by atoms with Crippen LogP contribution in [0.4, 0.5) is 19.0 Å². The van der Waals surface area contributed by atoms with Crippen molar-refractivity contribution < 1.29 is 25.6 Å². The van der Waals surface area contributed by atoms with Gasteiger partial charge >= 0.3 is 0 Å². The molecule has 16 heteroatoms. The molecule has 2 aliphatic rings. The number of anilines is 2. The largest absolute Gasteiger partial charge is 0.345 e. The smallest absolute Gasteiger partial charge is 0.243 e. The number of rotatable bonds is 10. The standard InChI is InChI=1S/C26H33N3O2S2.C24H27F2N3O2S2/c1-19-6-7-21(16-20(19)2)17-23-18-32-25(27-23)28-12-14-29(15-13-28)33(30,31)24-10-8-22(9-11-24)26(3,4)5;1-24(2,3)18-5-7-20(8-6-18)33(30,31)29-12-10-28(11-13-29)23-27-19(16-32-23)14-17-4-9-21(25)22(26)15-17/h6-11,16,18H,12-15,17H2,1-5H3;4-9,15-16H,10-14H2,1-3H3. The lowest BCUT2D eigenvalue weighted by molar-refractivity contribution is 0.384. The van der Waals surface area contributed by atoms with Gasteiger partial charge in [0.2, 0.25) is 20.0 Å². The molecule has 0 saturated carbocycles. The first-order chi connectivity index (χ1) is 31.1. The Morgan fingerprint density at radius 1 is 0.515 bits per heavy atom. The van der Waals surface area contributed by atoms with E-state index in [4.69, 9.17) is 4.98 Å². The second-order valence-electron chi connectivity index (χ2n) is 19.1. The summed E-state index contributed by atoms with van der Waals surface area (Å²) < 4.78 is 82.2. The lowest BCUT2D eigenvalue weighted by Gasteiger charge is -2.33. The molecule has 0 unspecified atom stereocenters. The molecule has 0 atom stereocenters. The Labute approximate surface area is 398 Å². The Morgan fingerprint density at radius 2 is 0.909 bits per heavy atom. The van der Waals surface area contributed by atoms with Gasteiger partial charge in [0, 0.05) is 76.0 Å². The number of piperazine rings is 2. The molecule has 2 saturated heterocycles. The SMILES string of the molecule is CC(C)(C)c1ccc(S(=O)(=O)N2CCN(c3nc(Cc4ccc(F)c(F)c4)cs3)CC2)cc1.Cc1ccc(Cc2csc(N3CCN(S(=O)(=O)c4ccc(C(C)(C)C)cc4)CC3)n2)cc1C. The number of hydrogen-bond acceptors (Lipinski definition) is 10. The third kappa shape index (κ3) is 11.7. The van der Waals surface area contributed by atoms with Gasteiger partial charge in [-0.05, 0) is 94.5 Å². The Kier molecular flexibility index (Phi) is 14.9. The number of halogens is 2. The Morgan fingerprint density at radius 3 is 1.29 bits per heavy atom. The van der Waals surface area contributed by atoms with Crippen LogP contribution in [0.5, 0.6) is 0 Å². The monoisotopic (exact) mass is 974 g/mol. The van der Waals surface area contributed by atoms with Gasteiger partial charge in [-0.15, -0.1) is 22.7 Å². The summed E-state index contributed by atoms with van der Waals surface area (Å²) in [6, 6.07) is 24.9. The van der Waals surface area contributed by atoms with Crippen molar-refractivity contribution in [3.8, 4) is 0 Å². The normalized spacial score (nSPS) is 15.7. The van der Waals surface area contributed by atoms with E-state index in [2.05, 4.69) is 93.8 Å². The zero-order valence-electron chi connectivity index (χ0n) is 39.0. The van der Waals surface area contributed by atoms with Gasteiger partial charge in [0.1, 0.15) is 0 Å². The number of thiazole rings is 2. The van der Waals surface area contributed by atoms with Crippen molar-refractivity contribution in [2.75, 3.05) is 62.2 Å². The number of hydrogen-bond donors (Lipinski definition) is 0. The molecule has 2 aromatic heterocycles. The molecule has 2 aliphatic heterocycles. The summed E-state index contributed by atoms with van der Waals surface area (Å²) in [7, 11) is -7.03. The van der Waals surface area contributed by atoms with Crippen LogP contribution in [0.3, 0.4) is 0 Å². The number of sulfonamides is 2. The number of benzene rings is 4. The van der Waals surface area contributed by atoms with E-state index in [9.17, 15) is 25.6 Å². The van der Waals surface area contributed by atoms with E-state index in [0.29, 0.717) is 74.1 Å². The molecule has 4 heterocycles. The second kappa shape index (κ2) is 19.9. The van der Waals surface area contributed by atoms with E-state index in [1.807, 2.05) is 29.6 Å². The molecule has 0 radical (unpaired) electrons. The summed E-state index contributed by atoms with van der Waals surface area (Å²) in [6.07, 6.45) is 1.23. The highest BCUT2D eigenvalue weighted by atomic mass is 32.2. The van der Waals surface area contributed by atoms with E-state index >= 15 is 0 Å². The molecule has 10 nitrogen and oxygen atoms in total. The predicted octanol–water partition coefficient (Wildman–Crippen LogP) is 9.98. The molecule has 0 bridgehead atoms. The molecule has 352 valence electrons. The van der Waals surface area contributed by atoms with Gasteiger partial charge in [0.25, 0.3) is 0 Å². The fourth-order valence-corrected chi connectivity index (χ4v) is 12.4. The van der Waals surface area contributed by atoms with E-state index in [1.54, 1.807) is 46.0 Å². The molecular weight excluding hydrogens is 915 g/mol. The molecule has 0 spiro atoms. The quantitative estimate of drug-likeness (QED) is 0.134. The minimum absolute atomic E-state index is 0.00123. The number of aryl methyl sites for hydroxylation is 2. The van der Waals surface area contributed by atoms with Gasteiger partial charge in [-0.2, -0.15) is 8.61 Å². The zero-order chi connectivity index (χ0) is 47.6. The highest BCUT2D eigenvalue weighted by molar-refractivity contribution is 7.89. The molecule has 8 rings (SSSR count). The Bertz CT molecular complexity index is 2640. The molecular formula is C50H60F2N6O4S4. The maximum absolute atomic E-state index is 13.5. The average Bonchev–Trinajstić information content (AvgIpc) is 3.96. The molecule has 0 N–H and O–H groups in total. The van der Waals surface area contributed by atoms with Crippen molar-refractivity contribution in [1.82, 2.24) is 18.6 Å². The van der Waals surface area contributed by atoms with Crippen molar-refractivity contribution in [2.45, 2.75) is 88.9 Å². The lowest BCUT2D eigenvalue weighted by Crippen LogP contribution is -2.48. The van der Waals surface area contributed by atoms with Crippen LogP contribution in [0.2, 0.25) is 0 Å². The minimum atomic E-state index is -3.55. The second-order valence-corrected chi connectivity index (χ2v) is 24.6. The van der Waals surface area contributed by atoms with E-state index < -0.39 is 31.7 Å². The van der Waals surface area contributed by atoms with Crippen molar-refractivity contribution >= 4 is 53.0 Å². The Hall–Kier alpha value is -4.58. The Balaban J connectivity index is 0.000000196. The van der Waals surface area contributed by atoms with Gasteiger partial charge in [-0.25, -0.2) is 35.6 Å². The van der Waals surface area contributed by atoms with Crippen LogP contribution in [0.1, 0.15) is 86.3 Å². The highest BCUT2D eigenvalue weighted by Gasteiger charge is 2.31. The maximum Gasteiger partial charge on any atom is 0.243 e. The summed E-state index contributed by atoms with van der Waals surface area (Å²) >= 11 is 3.11. The fourth-order valence-electron chi connectivity index (χ4n) is 7.82. The first-order valence-corrected chi connectivity index (χ1v) is 26.8. The molecule has 6 aromatic rings. The molecule has 66 heavy (non-hydrogen) atoms. The van der Waals surface area contributed by atoms with Crippen LogP contribution in [-0.4, -0.2) is 87.8 Å². The highest BCUT2D eigenvalue weighted by Crippen LogP contribution is 2.30. The topological polar surface area (TPSA) is 107 Å². The maximum atomic E-state index is 13.5. The van der Waals surface area contributed by atoms with Crippen molar-refractivity contribution in [1.29, 1.82) is 0 Å². The first kappa shape index (κ1) is 49.3. The van der Waals surface area contributed by atoms with Crippen LogP contribution in [-0.2, 0) is 43.7 Å². The van der Waals surface area contributed by atoms with Gasteiger partial charge in [0.15, 0.2) is 21.9 Å². The van der Waals surface area contributed by atoms with Crippen LogP contribution in [0.25, 0.3) is 0 Å². The summed E-state index contributed by atoms with van der Waals surface area (Å²) in [5, 5.41) is 5.79. The van der Waals surface area contributed by atoms with Crippen LogP contribution in [0.15, 0.2) is 105 Å². The summed E-state index contributed by atoms with van der Waals surface area (Å²) in [5.74, 6) is -1.73. The molecule has 4 aromatic carbocycles. The average molecular weight is 975 g/mol. The van der Waals surface area contributed by atoms with Gasteiger partial charge in [-0.3, -0.25) is 0 Å². The van der Waals surface area contributed by atoms with Gasteiger partial charge < -0.3 is 9.80 Å². The summed E-state index contributed by atoms with van der Waals surface area (Å²) in [6.45, 7) is 21.0. The zero-order valence-corrected chi connectivity index (χ0v) is 42.3. The van der Waals surface area contributed by atoms with Crippen molar-refractivity contribution in [3.63, 3.8) is 0 Å². The van der Waals surface area contributed by atoms with E-state index in [-0.39, 0.29) is 10.8 Å². The third-order valence-corrected chi connectivity index (χ3v) is 17.9. The van der Waals surface area contributed by atoms with E-state index in [0.717, 1.165) is 45.3 Å². The predicted molar refractivity (Wildman–Crippen MR) is 264 cm³/mol. The number of nitrogens with zero attached hydrogens (tertiary/aromatic N) is 6. The fraction of sp³-hybridized carbons (Fsp3) is 0.400. The number of aromatic nitrogens is 2. The summed E-state index contributed by atoms with van der Waals surface area (Å²) in [5.41, 5.74) is 8.54. The minimum Gasteiger partial charge on any atom is -0.345 e. The summed E-state index contributed by atoms with van der Waals surface area (Å²) in [4.78, 5) is 14.4. The van der Waals surface area contributed by atoms with Crippen molar-refractivity contribution in [3.05, 3.63) is 152 Å². The molecule has 0 amide bonds. The van der Waals surface area contributed by atoms with Crippen LogP contribution in [0, 0.1) is 25.5 Å². The van der Waals surface area contributed by atoms with E-state index in [1.165, 1.54) is 38.4 Å². The van der Waals surface area contributed by atoms with Crippen molar-refractivity contribution in [2.24, 2.45) is 0 Å². The molecule has 2 fully saturated rings. The first-order valence-electron chi connectivity index (χ1n) is 22.2. The van der Waals surface area contributed by atoms with Crippen LogP contribution < -0.4 is 9.80 Å².